The topological polar surface area (TPSA) is 164 Å². The van der Waals surface area contributed by atoms with Gasteiger partial charge in [0.05, 0.1) is 5.69 Å². The minimum absolute atomic E-state index is 0.00653. The van der Waals surface area contributed by atoms with Crippen LogP contribution in [0.15, 0.2) is 35.3 Å². The van der Waals surface area contributed by atoms with Gasteiger partial charge in [-0.2, -0.15) is 4.98 Å². The molecule has 0 unspecified atom stereocenters. The molecule has 2 aromatic rings. The Hall–Kier alpha value is -3.87. The van der Waals surface area contributed by atoms with Crippen molar-refractivity contribution in [3.63, 3.8) is 0 Å². The summed E-state index contributed by atoms with van der Waals surface area (Å²) in [5, 5.41) is 14.9. The van der Waals surface area contributed by atoms with E-state index in [9.17, 15) is 14.0 Å². The van der Waals surface area contributed by atoms with Gasteiger partial charge in [-0.1, -0.05) is 12.1 Å². The lowest BCUT2D eigenvalue weighted by Gasteiger charge is -2.35. The fourth-order valence-corrected chi connectivity index (χ4v) is 3.59. The second kappa shape index (κ2) is 12.4. The molecule has 0 radical (unpaired) electrons. The lowest BCUT2D eigenvalue weighted by Crippen LogP contribution is -2.48. The Morgan fingerprint density at radius 1 is 1.21 bits per heavy atom. The van der Waals surface area contributed by atoms with E-state index in [1.54, 1.807) is 18.2 Å². The molecule has 0 aliphatic carbocycles. The van der Waals surface area contributed by atoms with Gasteiger partial charge in [-0.05, 0) is 31.5 Å². The summed E-state index contributed by atoms with van der Waals surface area (Å²) in [4.78, 5) is 35.9. The number of guanidine groups is 1. The van der Waals surface area contributed by atoms with Crippen LogP contribution in [-0.2, 0) is 0 Å². The molecule has 184 valence electrons. The number of H-pyrrole nitrogens is 1. The maximum Gasteiger partial charge on any atom is 0.326 e. The second-order valence-corrected chi connectivity index (χ2v) is 7.64. The zero-order chi connectivity index (χ0) is 24.3. The van der Waals surface area contributed by atoms with Crippen molar-refractivity contribution < 1.29 is 13.9 Å². The van der Waals surface area contributed by atoms with Crippen molar-refractivity contribution in [1.29, 1.82) is 5.41 Å². The highest BCUT2D eigenvalue weighted by Crippen LogP contribution is 2.23. The first-order chi connectivity index (χ1) is 16.5. The number of carbonyl (C=O) groups excluding carboxylic acids is 1. The fourth-order valence-electron chi connectivity index (χ4n) is 3.59. The van der Waals surface area contributed by atoms with Gasteiger partial charge in [-0.15, -0.1) is 0 Å². The number of nitrogens with one attached hydrogen (secondary N) is 5. The highest BCUT2D eigenvalue weighted by Gasteiger charge is 2.20. The van der Waals surface area contributed by atoms with E-state index in [1.165, 1.54) is 12.3 Å². The van der Waals surface area contributed by atoms with Crippen LogP contribution in [0.4, 0.5) is 26.5 Å². The number of benzene rings is 1. The van der Waals surface area contributed by atoms with Gasteiger partial charge in [0.2, 0.25) is 12.8 Å². The largest absolute Gasteiger partial charge is 0.461 e. The van der Waals surface area contributed by atoms with E-state index in [0.717, 1.165) is 32.5 Å². The summed E-state index contributed by atoms with van der Waals surface area (Å²) in [5.74, 6) is 0.166. The van der Waals surface area contributed by atoms with E-state index >= 15 is 0 Å². The minimum Gasteiger partial charge on any atom is -0.461 e. The molecule has 0 saturated carbocycles. The first kappa shape index (κ1) is 24.8. The average Bonchev–Trinajstić information content (AvgIpc) is 2.81. The van der Waals surface area contributed by atoms with Crippen molar-refractivity contribution >= 4 is 29.3 Å². The van der Waals surface area contributed by atoms with Gasteiger partial charge in [-0.25, -0.2) is 9.18 Å². The van der Waals surface area contributed by atoms with Crippen LogP contribution in [0.2, 0.25) is 0 Å². The number of aromatic amines is 1. The molecule has 2 amide bonds. The summed E-state index contributed by atoms with van der Waals surface area (Å²) in [6.07, 6.45) is 3.46. The van der Waals surface area contributed by atoms with Crippen molar-refractivity contribution in [2.24, 2.45) is 5.73 Å². The number of aromatic nitrogens is 2. The van der Waals surface area contributed by atoms with Gasteiger partial charge in [0, 0.05) is 38.9 Å². The van der Waals surface area contributed by atoms with Gasteiger partial charge in [0.25, 0.3) is 5.56 Å². The number of alkyl halides is 1. The molecular formula is C21H30FN9O3. The number of carbonyl (C=O) groups is 1. The number of halogens is 1. The van der Waals surface area contributed by atoms with Gasteiger partial charge >= 0.3 is 6.03 Å². The predicted octanol–water partition coefficient (Wildman–Crippen LogP) is 1.10. The Morgan fingerprint density at radius 3 is 2.68 bits per heavy atom. The number of para-hydroxylation sites is 2. The number of ether oxygens (including phenoxy) is 1. The molecule has 1 aromatic carbocycles. The normalized spacial score (nSPS) is 13.9. The second-order valence-electron chi connectivity index (χ2n) is 7.64. The van der Waals surface area contributed by atoms with Crippen LogP contribution < -0.4 is 36.9 Å². The van der Waals surface area contributed by atoms with E-state index in [0.29, 0.717) is 25.3 Å². The molecule has 1 saturated heterocycles. The third kappa shape index (κ3) is 7.33. The average molecular weight is 476 g/mol. The van der Waals surface area contributed by atoms with Crippen LogP contribution in [0.5, 0.6) is 5.75 Å². The zero-order valence-corrected chi connectivity index (χ0v) is 18.8. The van der Waals surface area contributed by atoms with E-state index in [-0.39, 0.29) is 23.3 Å². The van der Waals surface area contributed by atoms with Crippen molar-refractivity contribution in [3.8, 4) is 5.75 Å². The molecule has 1 aliphatic rings. The van der Waals surface area contributed by atoms with E-state index in [2.05, 4.69) is 30.8 Å². The van der Waals surface area contributed by atoms with Crippen LogP contribution in [0.25, 0.3) is 0 Å². The Labute approximate surface area is 196 Å². The van der Waals surface area contributed by atoms with Gasteiger partial charge < -0.3 is 31.0 Å². The molecule has 0 spiro atoms. The monoisotopic (exact) mass is 475 g/mol. The summed E-state index contributed by atoms with van der Waals surface area (Å²) < 4.78 is 17.3. The first-order valence-electron chi connectivity index (χ1n) is 11.0. The number of unbranched alkanes of at least 4 members (excludes halogenated alkanes) is 1. The van der Waals surface area contributed by atoms with Crippen LogP contribution in [0, 0.1) is 5.41 Å². The maximum absolute atomic E-state index is 12.5. The van der Waals surface area contributed by atoms with Crippen LogP contribution in [0.1, 0.15) is 12.8 Å². The third-order valence-corrected chi connectivity index (χ3v) is 5.28. The molecule has 34 heavy (non-hydrogen) atoms. The fraction of sp³-hybridized carbons (Fsp3) is 0.429. The Morgan fingerprint density at radius 2 is 1.97 bits per heavy atom. The lowest BCUT2D eigenvalue weighted by atomic mass is 10.2. The number of anilines is 3. The predicted molar refractivity (Wildman–Crippen MR) is 128 cm³/mol. The quantitative estimate of drug-likeness (QED) is 0.169. The number of piperazine rings is 1. The minimum atomic E-state index is -1.02. The molecule has 2 heterocycles. The van der Waals surface area contributed by atoms with Crippen molar-refractivity contribution in [2.75, 3.05) is 61.7 Å². The molecule has 1 aliphatic heterocycles. The summed E-state index contributed by atoms with van der Waals surface area (Å²) in [6, 6.07) is 5.75. The Balaban J connectivity index is 1.47. The van der Waals surface area contributed by atoms with Crippen molar-refractivity contribution in [3.05, 3.63) is 40.8 Å². The number of hydrogen-bond acceptors (Lipinski definition) is 7. The van der Waals surface area contributed by atoms with Crippen molar-refractivity contribution in [2.45, 2.75) is 12.8 Å². The zero-order valence-electron chi connectivity index (χ0n) is 18.8. The van der Waals surface area contributed by atoms with Gasteiger partial charge in [-0.3, -0.25) is 20.4 Å². The van der Waals surface area contributed by atoms with E-state index < -0.39 is 18.5 Å². The molecule has 13 heteroatoms. The molecule has 7 N–H and O–H groups in total. The van der Waals surface area contributed by atoms with E-state index in [4.69, 9.17) is 15.9 Å². The number of rotatable bonds is 10. The molecule has 3 rings (SSSR count). The molecule has 0 bridgehead atoms. The highest BCUT2D eigenvalue weighted by molar-refractivity contribution is 5.99. The van der Waals surface area contributed by atoms with Gasteiger partial charge in [0.1, 0.15) is 11.4 Å². The molecule has 0 atom stereocenters. The van der Waals surface area contributed by atoms with Crippen molar-refractivity contribution in [1.82, 2.24) is 20.2 Å². The Bertz CT molecular complexity index is 1020. The molecule has 1 aromatic heterocycles. The summed E-state index contributed by atoms with van der Waals surface area (Å²) >= 11 is 0. The molecule has 12 nitrogen and oxygen atoms in total. The summed E-state index contributed by atoms with van der Waals surface area (Å²) in [7, 11) is 0. The Kier molecular flexibility index (Phi) is 9.03. The third-order valence-electron chi connectivity index (χ3n) is 5.28. The summed E-state index contributed by atoms with van der Waals surface area (Å²) in [5.41, 5.74) is 5.54. The van der Waals surface area contributed by atoms with E-state index in [1.807, 2.05) is 4.90 Å². The van der Waals surface area contributed by atoms with Crippen LogP contribution >= 0.6 is 0 Å². The first-order valence-corrected chi connectivity index (χ1v) is 11.0. The van der Waals surface area contributed by atoms with Gasteiger partial charge in [0.15, 0.2) is 5.96 Å². The number of hydrogen-bond donors (Lipinski definition) is 6. The standard InChI is InChI=1S/C21H30FN9O3/c22-14-34-17-6-2-1-5-15(17)27-21(33)29-20-26-13-16(18(32)28-20)31-11-9-30(10-12-31)8-4-3-7-25-19(23)24/h1-2,5-6,13H,3-4,7-12,14H2,(H4,23,24,25)(H3,26,27,28,29,32,33). The smallest absolute Gasteiger partial charge is 0.326 e. The maximum atomic E-state index is 12.5. The number of urea groups is 1. The number of nitrogens with zero attached hydrogens (tertiary/aromatic N) is 3. The van der Waals surface area contributed by atoms with Crippen LogP contribution in [-0.4, -0.2) is 73.0 Å². The SMILES string of the molecule is N=C(N)NCCCCN1CCN(c2c[nH]c(NC(=O)Nc3ccccc3OCF)nc2=O)CC1. The van der Waals surface area contributed by atoms with Crippen LogP contribution in [0.3, 0.4) is 0 Å². The summed E-state index contributed by atoms with van der Waals surface area (Å²) in [6.45, 7) is 3.63. The molecule has 1 fully saturated rings. The number of nitrogens with two attached hydrogens (primary N) is 1. The highest BCUT2D eigenvalue weighted by atomic mass is 19.1. The molecular weight excluding hydrogens is 445 g/mol. The number of amides is 2. The lowest BCUT2D eigenvalue weighted by molar-refractivity contribution is 0.192.